The van der Waals surface area contributed by atoms with Gasteiger partial charge in [-0.1, -0.05) is 57.9 Å². The quantitative estimate of drug-likeness (QED) is 0.174. The lowest BCUT2D eigenvalue weighted by molar-refractivity contribution is -0.122. The molecule has 1 saturated heterocycles. The van der Waals surface area contributed by atoms with Crippen LogP contribution in [0.4, 0.5) is 5.69 Å². The van der Waals surface area contributed by atoms with E-state index in [0.29, 0.717) is 51.7 Å². The molecule has 0 aromatic heterocycles. The molecule has 4 rings (SSSR count). The van der Waals surface area contributed by atoms with Crippen LogP contribution in [0.1, 0.15) is 18.1 Å². The van der Waals surface area contributed by atoms with Crippen molar-refractivity contribution in [3.8, 4) is 5.75 Å². The monoisotopic (exact) mass is 648 g/mol. The number of thioether (sulfide) groups is 1. The first-order valence-electron chi connectivity index (χ1n) is 11.2. The maximum absolute atomic E-state index is 13.3. The van der Waals surface area contributed by atoms with E-state index < -0.39 is 0 Å². The second-order valence-electron chi connectivity index (χ2n) is 7.72. The van der Waals surface area contributed by atoms with E-state index in [1.807, 2.05) is 73.7 Å². The van der Waals surface area contributed by atoms with Crippen molar-refractivity contribution in [3.63, 3.8) is 0 Å². The molecule has 0 spiro atoms. The van der Waals surface area contributed by atoms with E-state index in [4.69, 9.17) is 26.1 Å². The number of halogens is 3. The summed E-state index contributed by atoms with van der Waals surface area (Å²) < 4.78 is 13.2. The molecule has 1 heterocycles. The third-order valence-corrected chi connectivity index (χ3v) is 7.55. The van der Waals surface area contributed by atoms with Crippen LogP contribution in [0, 0.1) is 0 Å². The Labute approximate surface area is 236 Å². The molecule has 36 heavy (non-hydrogen) atoms. The molecule has 3 aromatic rings. The predicted molar refractivity (Wildman–Crippen MR) is 155 cm³/mol. The molecule has 0 atom stereocenters. The summed E-state index contributed by atoms with van der Waals surface area (Å²) in [6, 6.07) is 21.2. The van der Waals surface area contributed by atoms with Crippen LogP contribution in [0.15, 0.2) is 85.6 Å². The fourth-order valence-electron chi connectivity index (χ4n) is 3.39. The topological polar surface area (TPSA) is 51.1 Å². The molecular formula is C27H23Br2ClN2O3S. The number of rotatable bonds is 9. The van der Waals surface area contributed by atoms with E-state index in [1.165, 1.54) is 11.8 Å². The summed E-state index contributed by atoms with van der Waals surface area (Å²) in [5.41, 5.74) is 2.59. The number of hydrogen-bond donors (Lipinski definition) is 0. The summed E-state index contributed by atoms with van der Waals surface area (Å²) in [4.78, 5) is 20.2. The fourth-order valence-corrected chi connectivity index (χ4v) is 5.67. The van der Waals surface area contributed by atoms with Crippen molar-refractivity contribution in [3.05, 3.63) is 96.7 Å². The molecule has 1 aliphatic heterocycles. The highest BCUT2D eigenvalue weighted by Gasteiger charge is 2.33. The van der Waals surface area contributed by atoms with Crippen LogP contribution >= 0.6 is 55.2 Å². The number of carbonyl (C=O) groups is 1. The molecule has 0 saturated carbocycles. The highest BCUT2D eigenvalue weighted by atomic mass is 79.9. The van der Waals surface area contributed by atoms with Crippen molar-refractivity contribution in [1.29, 1.82) is 0 Å². The molecule has 3 aromatic carbocycles. The van der Waals surface area contributed by atoms with Gasteiger partial charge in [-0.15, -0.1) is 0 Å². The summed E-state index contributed by atoms with van der Waals surface area (Å²) in [6.45, 7) is 3.76. The van der Waals surface area contributed by atoms with Crippen LogP contribution in [-0.2, 0) is 16.1 Å². The van der Waals surface area contributed by atoms with Crippen molar-refractivity contribution in [2.45, 2.75) is 13.5 Å². The van der Waals surface area contributed by atoms with E-state index in [9.17, 15) is 4.79 Å². The molecule has 186 valence electrons. The van der Waals surface area contributed by atoms with E-state index in [1.54, 1.807) is 11.0 Å². The second kappa shape index (κ2) is 12.9. The van der Waals surface area contributed by atoms with Crippen molar-refractivity contribution < 1.29 is 14.3 Å². The Morgan fingerprint density at radius 3 is 2.53 bits per heavy atom. The van der Waals surface area contributed by atoms with Gasteiger partial charge < -0.3 is 9.47 Å². The van der Waals surface area contributed by atoms with E-state index in [-0.39, 0.29) is 5.91 Å². The molecule has 1 amide bonds. The van der Waals surface area contributed by atoms with Crippen molar-refractivity contribution in [2.75, 3.05) is 19.8 Å². The highest BCUT2D eigenvalue weighted by Crippen LogP contribution is 2.38. The van der Waals surface area contributed by atoms with Gasteiger partial charge in [0.2, 0.25) is 0 Å². The summed E-state index contributed by atoms with van der Waals surface area (Å²) >= 11 is 14.9. The van der Waals surface area contributed by atoms with Crippen LogP contribution in [0.5, 0.6) is 5.75 Å². The Morgan fingerprint density at radius 1 is 1.08 bits per heavy atom. The minimum Gasteiger partial charge on any atom is -0.486 e. The van der Waals surface area contributed by atoms with Gasteiger partial charge in [-0.25, -0.2) is 4.99 Å². The van der Waals surface area contributed by atoms with Crippen LogP contribution in [0.2, 0.25) is 5.02 Å². The van der Waals surface area contributed by atoms with E-state index in [2.05, 4.69) is 31.9 Å². The van der Waals surface area contributed by atoms with Gasteiger partial charge in [-0.05, 0) is 88.2 Å². The minimum atomic E-state index is -0.114. The van der Waals surface area contributed by atoms with Crippen LogP contribution in [0.25, 0.3) is 6.08 Å². The van der Waals surface area contributed by atoms with Crippen LogP contribution in [0.3, 0.4) is 0 Å². The second-order valence-corrected chi connectivity index (χ2v) is 10.9. The van der Waals surface area contributed by atoms with Crippen molar-refractivity contribution in [2.24, 2.45) is 4.99 Å². The fraction of sp³-hybridized carbons (Fsp3) is 0.185. The third kappa shape index (κ3) is 7.01. The Morgan fingerprint density at radius 2 is 1.83 bits per heavy atom. The summed E-state index contributed by atoms with van der Waals surface area (Å²) in [7, 11) is 0. The average Bonchev–Trinajstić information content (AvgIpc) is 3.14. The lowest BCUT2D eigenvalue weighted by Crippen LogP contribution is -2.32. The molecule has 0 radical (unpaired) electrons. The van der Waals surface area contributed by atoms with Crippen LogP contribution < -0.4 is 4.74 Å². The lowest BCUT2D eigenvalue weighted by atomic mass is 10.2. The maximum Gasteiger partial charge on any atom is 0.266 e. The zero-order valence-electron chi connectivity index (χ0n) is 19.4. The largest absolute Gasteiger partial charge is 0.486 e. The first kappa shape index (κ1) is 26.9. The van der Waals surface area contributed by atoms with Crippen molar-refractivity contribution >= 4 is 78.1 Å². The van der Waals surface area contributed by atoms with E-state index >= 15 is 0 Å². The van der Waals surface area contributed by atoms with Gasteiger partial charge in [0.15, 0.2) is 10.9 Å². The predicted octanol–water partition coefficient (Wildman–Crippen LogP) is 8.08. The Hall–Kier alpha value is -2.10. The van der Waals surface area contributed by atoms with Gasteiger partial charge in [0, 0.05) is 11.1 Å². The maximum atomic E-state index is 13.3. The first-order chi connectivity index (χ1) is 17.4. The Bertz CT molecular complexity index is 1260. The van der Waals surface area contributed by atoms with Gasteiger partial charge in [0.1, 0.15) is 6.61 Å². The smallest absolute Gasteiger partial charge is 0.266 e. The Balaban J connectivity index is 1.55. The van der Waals surface area contributed by atoms with Gasteiger partial charge in [0.25, 0.3) is 5.91 Å². The number of benzene rings is 3. The lowest BCUT2D eigenvalue weighted by Gasteiger charge is -2.15. The number of ether oxygens (including phenoxy) is 2. The Kier molecular flexibility index (Phi) is 9.67. The van der Waals surface area contributed by atoms with Gasteiger partial charge >= 0.3 is 0 Å². The van der Waals surface area contributed by atoms with Gasteiger partial charge in [-0.3, -0.25) is 9.69 Å². The molecular weight excluding hydrogens is 628 g/mol. The number of carbonyl (C=O) groups excluding carboxylic acids is 1. The molecule has 0 unspecified atom stereocenters. The standard InChI is InChI=1S/C27H23Br2ClN2O3S/c1-2-34-13-12-32-26(33)24(36-27(32)31-21-6-4-3-5-7-21)16-19-14-22(29)25(23(30)15-19)35-17-18-8-10-20(28)11-9-18/h3-11,14-16H,2,12-13,17H2,1H3/b24-16-,31-27?. The van der Waals surface area contributed by atoms with Gasteiger partial charge in [-0.2, -0.15) is 0 Å². The third-order valence-electron chi connectivity index (χ3n) is 5.15. The number of para-hydroxylation sites is 1. The summed E-state index contributed by atoms with van der Waals surface area (Å²) in [6.07, 6.45) is 1.82. The molecule has 9 heteroatoms. The molecule has 0 N–H and O–H groups in total. The van der Waals surface area contributed by atoms with Crippen LogP contribution in [-0.4, -0.2) is 35.7 Å². The molecule has 1 fully saturated rings. The number of amidine groups is 1. The normalized spacial score (nSPS) is 15.8. The number of nitrogens with zero attached hydrogens (tertiary/aromatic N) is 2. The number of aliphatic imine (C=N–C) groups is 1. The molecule has 5 nitrogen and oxygen atoms in total. The summed E-state index contributed by atoms with van der Waals surface area (Å²) in [5.74, 6) is 0.439. The highest BCUT2D eigenvalue weighted by molar-refractivity contribution is 9.10. The number of hydrogen-bond acceptors (Lipinski definition) is 5. The number of amides is 1. The average molecular weight is 651 g/mol. The van der Waals surface area contributed by atoms with Gasteiger partial charge in [0.05, 0.1) is 33.2 Å². The SMILES string of the molecule is CCOCCN1C(=O)/C(=C/c2cc(Cl)c(OCc3ccc(Br)cc3)c(Br)c2)SC1=Nc1ccccc1. The molecule has 1 aliphatic rings. The van der Waals surface area contributed by atoms with Crippen molar-refractivity contribution in [1.82, 2.24) is 4.90 Å². The molecule has 0 bridgehead atoms. The first-order valence-corrected chi connectivity index (χ1v) is 14.0. The van der Waals surface area contributed by atoms with E-state index in [0.717, 1.165) is 21.3 Å². The minimum absolute atomic E-state index is 0.114. The summed E-state index contributed by atoms with van der Waals surface area (Å²) in [5, 5.41) is 1.08. The zero-order valence-corrected chi connectivity index (χ0v) is 24.2. The zero-order chi connectivity index (χ0) is 25.5. The molecule has 0 aliphatic carbocycles.